The van der Waals surface area contributed by atoms with Gasteiger partial charge in [-0.05, 0) is 64.3 Å². The van der Waals surface area contributed by atoms with Crippen LogP contribution in [0.1, 0.15) is 46.1 Å². The zero-order valence-corrected chi connectivity index (χ0v) is 16.6. The van der Waals surface area contributed by atoms with Gasteiger partial charge in [-0.25, -0.2) is 9.59 Å². The molecule has 1 N–H and O–H groups in total. The molecule has 1 aliphatic carbocycles. The number of carbonyl (C=O) groups excluding carboxylic acids is 2. The van der Waals surface area contributed by atoms with E-state index < -0.39 is 23.7 Å². The molecule has 0 aromatic heterocycles. The maximum Gasteiger partial charge on any atom is 0.408 e. The van der Waals surface area contributed by atoms with Gasteiger partial charge in [0.25, 0.3) is 0 Å². The van der Waals surface area contributed by atoms with Crippen LogP contribution in [0.2, 0.25) is 5.02 Å². The number of carbonyl (C=O) groups is 2. The van der Waals surface area contributed by atoms with Crippen LogP contribution >= 0.6 is 11.6 Å². The smallest absolute Gasteiger partial charge is 0.408 e. The number of alkyl carbamates (subject to hydrolysis) is 1. The second-order valence-corrected chi connectivity index (χ2v) is 8.17. The van der Waals surface area contributed by atoms with Crippen LogP contribution in [0.5, 0.6) is 5.75 Å². The number of methoxy groups -OCH3 is 1. The number of benzene rings is 1. The van der Waals surface area contributed by atoms with Gasteiger partial charge in [0.05, 0.1) is 7.11 Å². The van der Waals surface area contributed by atoms with E-state index >= 15 is 0 Å². The molecular formula is C19H26ClNO5. The molecule has 26 heavy (non-hydrogen) atoms. The van der Waals surface area contributed by atoms with E-state index in [9.17, 15) is 9.59 Å². The number of hydrogen-bond donors (Lipinski definition) is 1. The first kappa shape index (κ1) is 20.4. The van der Waals surface area contributed by atoms with Gasteiger partial charge in [0.15, 0.2) is 0 Å². The lowest BCUT2D eigenvalue weighted by Gasteiger charge is -2.23. The highest BCUT2D eigenvalue weighted by atomic mass is 35.5. The number of rotatable bonds is 6. The van der Waals surface area contributed by atoms with E-state index in [4.69, 9.17) is 25.8 Å². The predicted molar refractivity (Wildman–Crippen MR) is 98.6 cm³/mol. The van der Waals surface area contributed by atoms with E-state index in [1.165, 1.54) is 7.11 Å². The second kappa shape index (κ2) is 7.74. The lowest BCUT2D eigenvalue weighted by molar-refractivity contribution is -0.143. The molecule has 1 aromatic carbocycles. The van der Waals surface area contributed by atoms with E-state index in [0.717, 1.165) is 18.4 Å². The Kier molecular flexibility index (Phi) is 6.06. The number of ether oxygens (including phenoxy) is 3. The quantitative estimate of drug-likeness (QED) is 0.754. The third kappa shape index (κ3) is 6.09. The van der Waals surface area contributed by atoms with Gasteiger partial charge in [-0.3, -0.25) is 0 Å². The molecule has 0 saturated heterocycles. The second-order valence-electron chi connectivity index (χ2n) is 7.73. The molecule has 1 amide bonds. The first-order valence-corrected chi connectivity index (χ1v) is 8.94. The number of hydrogen-bond acceptors (Lipinski definition) is 5. The highest BCUT2D eigenvalue weighted by molar-refractivity contribution is 6.30. The van der Waals surface area contributed by atoms with Crippen LogP contribution in [0.4, 0.5) is 4.79 Å². The Labute approximate surface area is 159 Å². The lowest BCUT2D eigenvalue weighted by Crippen LogP contribution is -2.45. The summed E-state index contributed by atoms with van der Waals surface area (Å²) in [4.78, 5) is 24.2. The maximum absolute atomic E-state index is 12.1. The number of nitrogens with one attached hydrogen (secondary N) is 1. The van der Waals surface area contributed by atoms with Gasteiger partial charge in [0.1, 0.15) is 23.0 Å². The summed E-state index contributed by atoms with van der Waals surface area (Å²) >= 11 is 6.11. The SMILES string of the molecule is COC(=O)[C@H](Cc1cc(Cl)ccc1OC1(C)CC1)NC(=O)OC(C)(C)C. The van der Waals surface area contributed by atoms with E-state index in [1.54, 1.807) is 39.0 Å². The molecule has 1 aromatic rings. The van der Waals surface area contributed by atoms with Gasteiger partial charge in [-0.15, -0.1) is 0 Å². The molecule has 0 spiro atoms. The largest absolute Gasteiger partial charge is 0.487 e. The Hall–Kier alpha value is -1.95. The van der Waals surface area contributed by atoms with Crippen LogP contribution < -0.4 is 10.1 Å². The fourth-order valence-electron chi connectivity index (χ4n) is 2.36. The van der Waals surface area contributed by atoms with Crippen molar-refractivity contribution in [2.75, 3.05) is 7.11 Å². The van der Waals surface area contributed by atoms with E-state index in [1.807, 2.05) is 6.92 Å². The Balaban J connectivity index is 2.18. The molecule has 0 aliphatic heterocycles. The van der Waals surface area contributed by atoms with Gasteiger partial charge in [0, 0.05) is 11.4 Å². The minimum atomic E-state index is -0.914. The van der Waals surface area contributed by atoms with E-state index in [2.05, 4.69) is 5.32 Å². The Morgan fingerprint density at radius 2 is 1.96 bits per heavy atom. The first-order valence-electron chi connectivity index (χ1n) is 8.56. The van der Waals surface area contributed by atoms with Crippen LogP contribution in [0.3, 0.4) is 0 Å². The Morgan fingerprint density at radius 3 is 2.50 bits per heavy atom. The Bertz CT molecular complexity index is 679. The van der Waals surface area contributed by atoms with Gasteiger partial charge in [-0.1, -0.05) is 11.6 Å². The maximum atomic E-state index is 12.1. The van der Waals surface area contributed by atoms with Crippen LogP contribution in [-0.4, -0.2) is 36.4 Å². The molecule has 2 rings (SSSR count). The van der Waals surface area contributed by atoms with Crippen molar-refractivity contribution in [3.05, 3.63) is 28.8 Å². The summed E-state index contributed by atoms with van der Waals surface area (Å²) in [5.74, 6) is 0.0775. The number of esters is 1. The number of halogens is 1. The zero-order chi connectivity index (χ0) is 19.5. The first-order chi connectivity index (χ1) is 12.0. The molecule has 7 heteroatoms. The molecule has 6 nitrogen and oxygen atoms in total. The third-order valence-corrected chi connectivity index (χ3v) is 4.17. The van der Waals surface area contributed by atoms with Gasteiger partial charge in [-0.2, -0.15) is 0 Å². The molecule has 144 valence electrons. The average molecular weight is 384 g/mol. The molecule has 1 atom stereocenters. The van der Waals surface area contributed by atoms with E-state index in [-0.39, 0.29) is 12.0 Å². The van der Waals surface area contributed by atoms with E-state index in [0.29, 0.717) is 10.8 Å². The van der Waals surface area contributed by atoms with Crippen LogP contribution in [0.15, 0.2) is 18.2 Å². The van der Waals surface area contributed by atoms with Crippen molar-refractivity contribution in [2.45, 2.75) is 64.2 Å². The lowest BCUT2D eigenvalue weighted by atomic mass is 10.0. The molecule has 1 aliphatic rings. The van der Waals surface area contributed by atoms with Crippen molar-refractivity contribution in [1.29, 1.82) is 0 Å². The molecule has 0 heterocycles. The standard InChI is InChI=1S/C19H26ClNO5/c1-18(2,3)26-17(23)21-14(16(22)24-5)11-12-10-13(20)6-7-15(12)25-19(4)8-9-19/h6-7,10,14H,8-9,11H2,1-5H3,(H,21,23)/t14-/m0/s1. The summed E-state index contributed by atoms with van der Waals surface area (Å²) in [6.45, 7) is 7.28. The zero-order valence-electron chi connectivity index (χ0n) is 15.8. The third-order valence-electron chi connectivity index (χ3n) is 3.93. The predicted octanol–water partition coefficient (Wildman–Crippen LogP) is 3.88. The minimum absolute atomic E-state index is 0.178. The monoisotopic (exact) mass is 383 g/mol. The highest BCUT2D eigenvalue weighted by Gasteiger charge is 2.40. The molecule has 0 unspecified atom stereocenters. The highest BCUT2D eigenvalue weighted by Crippen LogP contribution is 2.41. The average Bonchev–Trinajstić information content (AvgIpc) is 3.24. The van der Waals surface area contributed by atoms with Crippen molar-refractivity contribution in [3.63, 3.8) is 0 Å². The van der Waals surface area contributed by atoms with Crippen molar-refractivity contribution < 1.29 is 23.8 Å². The summed E-state index contributed by atoms with van der Waals surface area (Å²) < 4.78 is 16.1. The van der Waals surface area contributed by atoms with Crippen molar-refractivity contribution in [3.8, 4) is 5.75 Å². The summed E-state index contributed by atoms with van der Waals surface area (Å²) in [6.07, 6.45) is 1.45. The molecule has 1 fully saturated rings. The summed E-state index contributed by atoms with van der Waals surface area (Å²) in [6, 6.07) is 4.33. The van der Waals surface area contributed by atoms with Gasteiger partial charge >= 0.3 is 12.1 Å². The fraction of sp³-hybridized carbons (Fsp3) is 0.579. The van der Waals surface area contributed by atoms with Crippen LogP contribution in [0.25, 0.3) is 0 Å². The van der Waals surface area contributed by atoms with Crippen molar-refractivity contribution >= 4 is 23.7 Å². The molecule has 0 bridgehead atoms. The Morgan fingerprint density at radius 1 is 1.31 bits per heavy atom. The van der Waals surface area contributed by atoms with Crippen LogP contribution in [-0.2, 0) is 20.7 Å². The molecule has 1 saturated carbocycles. The summed E-state index contributed by atoms with van der Waals surface area (Å²) in [7, 11) is 1.27. The summed E-state index contributed by atoms with van der Waals surface area (Å²) in [5, 5.41) is 3.09. The van der Waals surface area contributed by atoms with Crippen molar-refractivity contribution in [1.82, 2.24) is 5.32 Å². The minimum Gasteiger partial charge on any atom is -0.487 e. The molecular weight excluding hydrogens is 358 g/mol. The fourth-order valence-corrected chi connectivity index (χ4v) is 2.55. The normalized spacial score (nSPS) is 16.4. The van der Waals surface area contributed by atoms with Gasteiger partial charge in [0.2, 0.25) is 0 Å². The van der Waals surface area contributed by atoms with Crippen LogP contribution in [0, 0.1) is 0 Å². The van der Waals surface area contributed by atoms with Crippen molar-refractivity contribution in [2.24, 2.45) is 0 Å². The number of amides is 1. The topological polar surface area (TPSA) is 73.9 Å². The van der Waals surface area contributed by atoms with Gasteiger partial charge < -0.3 is 19.5 Å². The summed E-state index contributed by atoms with van der Waals surface area (Å²) in [5.41, 5.74) is -0.130. The molecule has 0 radical (unpaired) electrons.